The molecule has 0 saturated carbocycles. The molecular weight excluding hydrogens is 414 g/mol. The van der Waals surface area contributed by atoms with Crippen molar-refractivity contribution in [2.45, 2.75) is 19.4 Å². The number of aryl methyl sites for hydroxylation is 1. The van der Waals surface area contributed by atoms with Crippen LogP contribution in [0.2, 0.25) is 0 Å². The summed E-state index contributed by atoms with van der Waals surface area (Å²) >= 11 is 5.05. The van der Waals surface area contributed by atoms with Crippen molar-refractivity contribution in [3.05, 3.63) is 45.0 Å². The second kappa shape index (κ2) is 7.26. The minimum atomic E-state index is 0.00961. The molecule has 1 fully saturated rings. The average Bonchev–Trinajstić information content (AvgIpc) is 3.18. The van der Waals surface area contributed by atoms with Gasteiger partial charge >= 0.3 is 0 Å². The third-order valence-corrected chi connectivity index (χ3v) is 6.50. The number of benzene rings is 1. The number of rotatable bonds is 4. The van der Waals surface area contributed by atoms with Crippen LogP contribution in [0.1, 0.15) is 29.2 Å². The van der Waals surface area contributed by atoms with E-state index < -0.39 is 0 Å². The summed E-state index contributed by atoms with van der Waals surface area (Å²) in [7, 11) is 2.15. The Morgan fingerprint density at radius 1 is 1.19 bits per heavy atom. The summed E-state index contributed by atoms with van der Waals surface area (Å²) in [6.07, 6.45) is 0.762. The van der Waals surface area contributed by atoms with Gasteiger partial charge in [-0.05, 0) is 24.7 Å². The predicted molar refractivity (Wildman–Crippen MR) is 107 cm³/mol. The highest BCUT2D eigenvalue weighted by Crippen LogP contribution is 2.40. The van der Waals surface area contributed by atoms with E-state index in [0.717, 1.165) is 52.7 Å². The Hall–Kier alpha value is -1.48. The van der Waals surface area contributed by atoms with Crippen molar-refractivity contribution in [3.63, 3.8) is 0 Å². The van der Waals surface area contributed by atoms with E-state index in [1.807, 2.05) is 6.92 Å². The molecule has 0 radical (unpaired) electrons. The zero-order valence-electron chi connectivity index (χ0n) is 14.9. The van der Waals surface area contributed by atoms with Gasteiger partial charge in [-0.1, -0.05) is 46.3 Å². The molecule has 6 nitrogen and oxygen atoms in total. The summed E-state index contributed by atoms with van der Waals surface area (Å²) in [5, 5.41) is 15.3. The predicted octanol–water partition coefficient (Wildman–Crippen LogP) is 3.16. The summed E-state index contributed by atoms with van der Waals surface area (Å²) in [5.41, 5.74) is 1.17. The Morgan fingerprint density at radius 3 is 2.50 bits per heavy atom. The summed E-state index contributed by atoms with van der Waals surface area (Å²) < 4.78 is 2.64. The Bertz CT molecular complexity index is 898. The lowest BCUT2D eigenvalue weighted by Gasteiger charge is -2.37. The van der Waals surface area contributed by atoms with E-state index in [4.69, 9.17) is 0 Å². The van der Waals surface area contributed by atoms with Gasteiger partial charge in [0.05, 0.1) is 10.9 Å². The SMILES string of the molecule is CCc1nc2sc(C(c3ccc(Br)cc3)N3CCN(C)CC3)c(O)n2n1. The van der Waals surface area contributed by atoms with Crippen LogP contribution < -0.4 is 0 Å². The first-order valence-electron chi connectivity index (χ1n) is 8.82. The fourth-order valence-corrected chi connectivity index (χ4v) is 4.77. The molecule has 1 N–H and O–H groups in total. The molecule has 1 saturated heterocycles. The number of aromatic nitrogens is 3. The molecule has 1 aliphatic heterocycles. The lowest BCUT2D eigenvalue weighted by atomic mass is 10.0. The molecule has 0 bridgehead atoms. The van der Waals surface area contributed by atoms with Crippen LogP contribution in [0.4, 0.5) is 0 Å². The first-order chi connectivity index (χ1) is 12.6. The first-order valence-corrected chi connectivity index (χ1v) is 10.4. The number of nitrogens with zero attached hydrogens (tertiary/aromatic N) is 5. The van der Waals surface area contributed by atoms with Crippen molar-refractivity contribution in [1.82, 2.24) is 24.4 Å². The van der Waals surface area contributed by atoms with E-state index >= 15 is 0 Å². The maximum Gasteiger partial charge on any atom is 0.230 e. The lowest BCUT2D eigenvalue weighted by Crippen LogP contribution is -2.46. The quantitative estimate of drug-likeness (QED) is 0.681. The Labute approximate surface area is 165 Å². The van der Waals surface area contributed by atoms with E-state index in [1.54, 1.807) is 4.52 Å². The molecule has 1 atom stereocenters. The molecule has 138 valence electrons. The zero-order valence-corrected chi connectivity index (χ0v) is 17.3. The Kier molecular flexibility index (Phi) is 5.00. The standard InChI is InChI=1S/C18H22BrN5OS/c1-3-14-20-18-24(21-14)17(25)16(26-18)15(12-4-6-13(19)7-5-12)23-10-8-22(2)9-11-23/h4-7,15,25H,3,8-11H2,1-2H3. The molecule has 1 unspecified atom stereocenters. The number of fused-ring (bicyclic) bond motifs is 1. The molecule has 4 rings (SSSR count). The Morgan fingerprint density at radius 2 is 1.88 bits per heavy atom. The number of aromatic hydroxyl groups is 1. The first kappa shape index (κ1) is 17.9. The van der Waals surface area contributed by atoms with Crippen molar-refractivity contribution in [1.29, 1.82) is 0 Å². The van der Waals surface area contributed by atoms with Gasteiger partial charge in [-0.3, -0.25) is 4.90 Å². The number of hydrogen-bond acceptors (Lipinski definition) is 6. The minimum Gasteiger partial charge on any atom is -0.492 e. The van der Waals surface area contributed by atoms with Crippen molar-refractivity contribution < 1.29 is 5.11 Å². The third-order valence-electron chi connectivity index (χ3n) is 4.90. The van der Waals surface area contributed by atoms with Gasteiger partial charge in [0.1, 0.15) is 0 Å². The maximum absolute atomic E-state index is 10.9. The summed E-state index contributed by atoms with van der Waals surface area (Å²) in [6, 6.07) is 8.37. The van der Waals surface area contributed by atoms with Crippen LogP contribution in [-0.4, -0.2) is 62.7 Å². The Balaban J connectivity index is 1.78. The van der Waals surface area contributed by atoms with Gasteiger partial charge in [0.2, 0.25) is 10.8 Å². The summed E-state index contributed by atoms with van der Waals surface area (Å²) in [4.78, 5) is 11.0. The second-order valence-electron chi connectivity index (χ2n) is 6.66. The molecule has 0 spiro atoms. The van der Waals surface area contributed by atoms with Crippen LogP contribution in [0.5, 0.6) is 5.88 Å². The molecule has 1 aliphatic rings. The van der Waals surface area contributed by atoms with Gasteiger partial charge in [0.15, 0.2) is 5.82 Å². The lowest BCUT2D eigenvalue weighted by molar-refractivity contribution is 0.127. The summed E-state index contributed by atoms with van der Waals surface area (Å²) in [6.45, 7) is 5.99. The van der Waals surface area contributed by atoms with Crippen LogP contribution in [0.25, 0.3) is 4.96 Å². The second-order valence-corrected chi connectivity index (χ2v) is 8.58. The molecule has 26 heavy (non-hydrogen) atoms. The zero-order chi connectivity index (χ0) is 18.3. The van der Waals surface area contributed by atoms with Crippen molar-refractivity contribution in [2.75, 3.05) is 33.2 Å². The van der Waals surface area contributed by atoms with E-state index in [9.17, 15) is 5.11 Å². The highest BCUT2D eigenvalue weighted by molar-refractivity contribution is 9.10. The van der Waals surface area contributed by atoms with Crippen LogP contribution in [0.15, 0.2) is 28.7 Å². The number of thiazole rings is 1. The molecular formula is C18H22BrN5OS. The normalized spacial score (nSPS) is 17.8. The number of hydrogen-bond donors (Lipinski definition) is 1. The highest BCUT2D eigenvalue weighted by atomic mass is 79.9. The highest BCUT2D eigenvalue weighted by Gasteiger charge is 2.31. The number of halogens is 1. The van der Waals surface area contributed by atoms with Crippen LogP contribution >= 0.6 is 27.3 Å². The summed E-state index contributed by atoms with van der Waals surface area (Å²) in [5.74, 6) is 0.974. The molecule has 1 aromatic carbocycles. The van der Waals surface area contributed by atoms with E-state index in [2.05, 4.69) is 67.1 Å². The molecule has 3 aromatic rings. The van der Waals surface area contributed by atoms with Gasteiger partial charge in [-0.15, -0.1) is 5.10 Å². The maximum atomic E-state index is 10.9. The monoisotopic (exact) mass is 435 g/mol. The van der Waals surface area contributed by atoms with Gasteiger partial charge in [-0.2, -0.15) is 4.52 Å². The molecule has 8 heteroatoms. The van der Waals surface area contributed by atoms with Gasteiger partial charge < -0.3 is 10.0 Å². The van der Waals surface area contributed by atoms with Crippen LogP contribution in [0.3, 0.4) is 0 Å². The van der Waals surface area contributed by atoms with Crippen molar-refractivity contribution in [2.24, 2.45) is 0 Å². The van der Waals surface area contributed by atoms with Crippen molar-refractivity contribution in [3.8, 4) is 5.88 Å². The fraction of sp³-hybridized carbons (Fsp3) is 0.444. The number of piperazine rings is 1. The fourth-order valence-electron chi connectivity index (χ4n) is 3.37. The molecule has 2 aromatic heterocycles. The van der Waals surface area contributed by atoms with Gasteiger partial charge in [0, 0.05) is 37.1 Å². The smallest absolute Gasteiger partial charge is 0.230 e. The largest absolute Gasteiger partial charge is 0.492 e. The van der Waals surface area contributed by atoms with Crippen LogP contribution in [0, 0.1) is 0 Å². The van der Waals surface area contributed by atoms with Crippen molar-refractivity contribution >= 4 is 32.2 Å². The van der Waals surface area contributed by atoms with Gasteiger partial charge in [-0.25, -0.2) is 4.98 Å². The minimum absolute atomic E-state index is 0.00961. The third kappa shape index (κ3) is 3.26. The average molecular weight is 436 g/mol. The van der Waals surface area contributed by atoms with Gasteiger partial charge in [0.25, 0.3) is 0 Å². The number of likely N-dealkylation sites (N-methyl/N-ethyl adjacent to an activating group) is 1. The van der Waals surface area contributed by atoms with E-state index in [1.165, 1.54) is 16.9 Å². The van der Waals surface area contributed by atoms with E-state index in [0.29, 0.717) is 0 Å². The molecule has 0 aliphatic carbocycles. The molecule has 3 heterocycles. The topological polar surface area (TPSA) is 56.9 Å². The van der Waals surface area contributed by atoms with E-state index in [-0.39, 0.29) is 11.9 Å². The molecule has 0 amide bonds. The van der Waals surface area contributed by atoms with Crippen LogP contribution in [-0.2, 0) is 6.42 Å².